The Labute approximate surface area is 139 Å². The Morgan fingerprint density at radius 3 is 2.44 bits per heavy atom. The van der Waals surface area contributed by atoms with Gasteiger partial charge >= 0.3 is 12.4 Å². The summed E-state index contributed by atoms with van der Waals surface area (Å²) < 4.78 is 79.9. The van der Waals surface area contributed by atoms with Crippen LogP contribution in [0.25, 0.3) is 10.9 Å². The molecule has 1 N–H and O–H groups in total. The molecule has 2 aromatic rings. The molecule has 0 saturated heterocycles. The van der Waals surface area contributed by atoms with Gasteiger partial charge in [-0.15, -0.1) is 0 Å². The summed E-state index contributed by atoms with van der Waals surface area (Å²) in [6, 6.07) is 1.81. The van der Waals surface area contributed by atoms with Crippen LogP contribution in [0.3, 0.4) is 0 Å². The van der Waals surface area contributed by atoms with Crippen molar-refractivity contribution in [2.75, 3.05) is 18.5 Å². The first-order valence-electron chi connectivity index (χ1n) is 7.41. The van der Waals surface area contributed by atoms with E-state index >= 15 is 0 Å². The van der Waals surface area contributed by atoms with Crippen LogP contribution in [0, 0.1) is 0 Å². The number of nitrogens with zero attached hydrogens (tertiary/aromatic N) is 2. The van der Waals surface area contributed by atoms with Crippen LogP contribution in [0.15, 0.2) is 18.3 Å². The SMILES string of the molecule is CCCCNc1nc(OCC(F)(F)F)cc2cc(C(F)(F)F)cnc12. The van der Waals surface area contributed by atoms with Gasteiger partial charge in [0, 0.05) is 24.2 Å². The summed E-state index contributed by atoms with van der Waals surface area (Å²) in [5.74, 6) is -0.346. The lowest BCUT2D eigenvalue weighted by Gasteiger charge is -2.14. The number of nitrogens with one attached hydrogen (secondary N) is 1. The minimum atomic E-state index is -4.62. The van der Waals surface area contributed by atoms with E-state index in [9.17, 15) is 26.3 Å². The number of ether oxygens (including phenoxy) is 1. The second-order valence-electron chi connectivity index (χ2n) is 5.29. The lowest BCUT2D eigenvalue weighted by Crippen LogP contribution is -2.20. The van der Waals surface area contributed by atoms with Gasteiger partial charge < -0.3 is 10.1 Å². The molecule has 10 heteroatoms. The predicted octanol–water partition coefficient (Wildman–Crippen LogP) is 4.80. The third kappa shape index (κ3) is 5.36. The number of hydrogen-bond donors (Lipinski definition) is 1. The second-order valence-corrected chi connectivity index (χ2v) is 5.29. The lowest BCUT2D eigenvalue weighted by molar-refractivity contribution is -0.154. The molecule has 4 nitrogen and oxygen atoms in total. The second kappa shape index (κ2) is 7.32. The molecule has 0 unspecified atom stereocenters. The predicted molar refractivity (Wildman–Crippen MR) is 79.5 cm³/mol. The van der Waals surface area contributed by atoms with E-state index in [4.69, 9.17) is 0 Å². The summed E-state index contributed by atoms with van der Waals surface area (Å²) in [6.45, 7) is 0.792. The fourth-order valence-electron chi connectivity index (χ4n) is 2.01. The van der Waals surface area contributed by atoms with Gasteiger partial charge in [-0.1, -0.05) is 13.3 Å². The number of hydrogen-bond acceptors (Lipinski definition) is 4. The highest BCUT2D eigenvalue weighted by atomic mass is 19.4. The van der Waals surface area contributed by atoms with Gasteiger partial charge in [-0.2, -0.15) is 31.3 Å². The van der Waals surface area contributed by atoms with E-state index in [2.05, 4.69) is 20.0 Å². The minimum Gasteiger partial charge on any atom is -0.468 e. The Hall–Kier alpha value is -2.26. The fourth-order valence-corrected chi connectivity index (χ4v) is 2.01. The highest BCUT2D eigenvalue weighted by Crippen LogP contribution is 2.33. The first kappa shape index (κ1) is 19.1. The molecule has 0 amide bonds. The van der Waals surface area contributed by atoms with E-state index in [0.29, 0.717) is 12.7 Å². The number of unbranched alkanes of at least 4 members (excludes halogenated alkanes) is 1. The fraction of sp³-hybridized carbons (Fsp3) is 0.467. The Balaban J connectivity index is 2.43. The Bertz CT molecular complexity index is 730. The number of halogens is 6. The average molecular weight is 367 g/mol. The largest absolute Gasteiger partial charge is 0.468 e. The van der Waals surface area contributed by atoms with Crippen molar-refractivity contribution in [3.05, 3.63) is 23.9 Å². The van der Waals surface area contributed by atoms with Crippen molar-refractivity contribution in [1.29, 1.82) is 0 Å². The van der Waals surface area contributed by atoms with Gasteiger partial charge in [0.2, 0.25) is 5.88 Å². The number of fused-ring (bicyclic) bond motifs is 1. The molecule has 25 heavy (non-hydrogen) atoms. The molecule has 0 saturated carbocycles. The monoisotopic (exact) mass is 367 g/mol. The topological polar surface area (TPSA) is 47.0 Å². The average Bonchev–Trinajstić information content (AvgIpc) is 2.51. The zero-order valence-electron chi connectivity index (χ0n) is 13.1. The lowest BCUT2D eigenvalue weighted by atomic mass is 10.2. The first-order valence-corrected chi connectivity index (χ1v) is 7.41. The molecular weight excluding hydrogens is 352 g/mol. The molecule has 138 valence electrons. The standard InChI is InChI=1S/C15H15F6N3O/c1-2-3-4-22-13-12-9(5-10(7-23-12)15(19,20)21)6-11(24-13)25-8-14(16,17)18/h5-7H,2-4,8H2,1H3,(H,22,24). The van der Waals surface area contributed by atoms with Crippen molar-refractivity contribution < 1.29 is 31.1 Å². The van der Waals surface area contributed by atoms with Crippen molar-refractivity contribution in [3.63, 3.8) is 0 Å². The summed E-state index contributed by atoms with van der Waals surface area (Å²) in [5.41, 5.74) is -0.879. The maximum atomic E-state index is 12.8. The molecule has 0 bridgehead atoms. The van der Waals surface area contributed by atoms with E-state index in [1.165, 1.54) is 0 Å². The zero-order chi connectivity index (χ0) is 18.7. The smallest absolute Gasteiger partial charge is 0.422 e. The van der Waals surface area contributed by atoms with E-state index < -0.39 is 30.4 Å². The molecule has 0 spiro atoms. The molecule has 0 aliphatic carbocycles. The van der Waals surface area contributed by atoms with Gasteiger partial charge in [0.25, 0.3) is 0 Å². The molecule has 0 fully saturated rings. The summed E-state index contributed by atoms with van der Waals surface area (Å²) >= 11 is 0. The zero-order valence-corrected chi connectivity index (χ0v) is 13.1. The van der Waals surface area contributed by atoms with Gasteiger partial charge in [-0.25, -0.2) is 0 Å². The van der Waals surface area contributed by atoms with Gasteiger partial charge in [0.05, 0.1) is 5.56 Å². The van der Waals surface area contributed by atoms with Gasteiger partial charge in [0.15, 0.2) is 12.4 Å². The summed E-state index contributed by atoms with van der Waals surface area (Å²) in [4.78, 5) is 7.64. The number of alkyl halides is 6. The molecule has 0 aromatic carbocycles. The maximum Gasteiger partial charge on any atom is 0.422 e. The molecule has 0 atom stereocenters. The third-order valence-electron chi connectivity index (χ3n) is 3.18. The van der Waals surface area contributed by atoms with E-state index in [0.717, 1.165) is 25.0 Å². The Morgan fingerprint density at radius 2 is 1.84 bits per heavy atom. The van der Waals surface area contributed by atoms with Gasteiger partial charge in [-0.05, 0) is 12.5 Å². The number of aromatic nitrogens is 2. The van der Waals surface area contributed by atoms with Gasteiger partial charge in [0.1, 0.15) is 5.52 Å². The molecule has 0 radical (unpaired) electrons. The molecule has 2 heterocycles. The van der Waals surface area contributed by atoms with Crippen molar-refractivity contribution >= 4 is 16.7 Å². The van der Waals surface area contributed by atoms with Crippen molar-refractivity contribution in [2.45, 2.75) is 32.1 Å². The van der Waals surface area contributed by atoms with Crippen LogP contribution in [0.4, 0.5) is 32.2 Å². The first-order chi connectivity index (χ1) is 11.6. The highest BCUT2D eigenvalue weighted by molar-refractivity contribution is 5.89. The maximum absolute atomic E-state index is 12.8. The molecule has 0 aliphatic heterocycles. The van der Waals surface area contributed by atoms with Crippen LogP contribution in [-0.2, 0) is 6.18 Å². The van der Waals surface area contributed by atoms with Crippen LogP contribution >= 0.6 is 0 Å². The summed E-state index contributed by atoms with van der Waals surface area (Å²) in [5, 5.41) is 2.86. The van der Waals surface area contributed by atoms with E-state index in [1.54, 1.807) is 0 Å². The normalized spacial score (nSPS) is 12.4. The van der Waals surface area contributed by atoms with E-state index in [1.807, 2.05) is 6.92 Å². The Morgan fingerprint density at radius 1 is 1.12 bits per heavy atom. The van der Waals surface area contributed by atoms with Crippen LogP contribution < -0.4 is 10.1 Å². The summed E-state index contributed by atoms with van der Waals surface area (Å²) in [7, 11) is 0. The molecule has 0 aliphatic rings. The number of anilines is 1. The molecule has 2 aromatic heterocycles. The minimum absolute atomic E-state index is 0.0130. The van der Waals surface area contributed by atoms with E-state index in [-0.39, 0.29) is 16.7 Å². The van der Waals surface area contributed by atoms with Crippen molar-refractivity contribution in [2.24, 2.45) is 0 Å². The number of pyridine rings is 2. The quantitative estimate of drug-likeness (QED) is 0.588. The van der Waals surface area contributed by atoms with Crippen LogP contribution in [0.1, 0.15) is 25.3 Å². The van der Waals surface area contributed by atoms with Crippen LogP contribution in [0.2, 0.25) is 0 Å². The van der Waals surface area contributed by atoms with Crippen molar-refractivity contribution in [3.8, 4) is 5.88 Å². The number of rotatable bonds is 6. The van der Waals surface area contributed by atoms with Crippen molar-refractivity contribution in [1.82, 2.24) is 9.97 Å². The summed E-state index contributed by atoms with van der Waals surface area (Å²) in [6.07, 6.45) is -6.95. The van der Waals surface area contributed by atoms with Crippen LogP contribution in [0.5, 0.6) is 5.88 Å². The Kier molecular flexibility index (Phi) is 5.58. The molecular formula is C15H15F6N3O. The molecule has 2 rings (SSSR count). The third-order valence-corrected chi connectivity index (χ3v) is 3.18. The van der Waals surface area contributed by atoms with Gasteiger partial charge in [-0.3, -0.25) is 4.98 Å². The van der Waals surface area contributed by atoms with Crippen LogP contribution in [-0.4, -0.2) is 29.3 Å². The highest BCUT2D eigenvalue weighted by Gasteiger charge is 2.32.